The Morgan fingerprint density at radius 3 is 1.69 bits per heavy atom. The predicted molar refractivity (Wildman–Crippen MR) is 67.8 cm³/mol. The van der Waals surface area contributed by atoms with E-state index >= 15 is 0 Å². The van der Waals surface area contributed by atoms with Gasteiger partial charge in [0, 0.05) is 38.3 Å². The summed E-state index contributed by atoms with van der Waals surface area (Å²) in [6, 6.07) is 1.44. The van der Waals surface area contributed by atoms with Crippen molar-refractivity contribution in [2.45, 2.75) is 37.8 Å². The second-order valence-electron chi connectivity index (χ2n) is 4.99. The molecule has 2 atom stereocenters. The van der Waals surface area contributed by atoms with E-state index in [2.05, 4.69) is 21.3 Å². The lowest BCUT2D eigenvalue weighted by atomic mass is 10.2. The lowest BCUT2D eigenvalue weighted by Gasteiger charge is -2.13. The lowest BCUT2D eigenvalue weighted by Crippen LogP contribution is -2.40. The Labute approximate surface area is 98.9 Å². The standard InChI is InChI=1S/C12H26N4/c1-3-11(15-5-1)9-13-7-8-14-10-12-4-2-6-16-12/h11-16H,1-10H2/t11-,12-/m0/s1. The van der Waals surface area contributed by atoms with Crippen molar-refractivity contribution in [3.63, 3.8) is 0 Å². The molecule has 0 aromatic heterocycles. The molecule has 0 saturated carbocycles. The molecular weight excluding hydrogens is 200 g/mol. The molecule has 16 heavy (non-hydrogen) atoms. The Morgan fingerprint density at radius 2 is 1.31 bits per heavy atom. The first kappa shape index (κ1) is 12.3. The Hall–Kier alpha value is -0.160. The fraction of sp³-hybridized carbons (Fsp3) is 1.00. The van der Waals surface area contributed by atoms with Gasteiger partial charge in [-0.05, 0) is 38.8 Å². The molecule has 2 saturated heterocycles. The van der Waals surface area contributed by atoms with Crippen LogP contribution in [0, 0.1) is 0 Å². The van der Waals surface area contributed by atoms with Crippen LogP contribution in [0.5, 0.6) is 0 Å². The summed E-state index contributed by atoms with van der Waals surface area (Å²) in [5.74, 6) is 0. The van der Waals surface area contributed by atoms with Gasteiger partial charge in [-0.25, -0.2) is 0 Å². The third-order valence-electron chi connectivity index (χ3n) is 3.58. The molecule has 0 aliphatic carbocycles. The zero-order valence-electron chi connectivity index (χ0n) is 10.2. The SMILES string of the molecule is C1CN[C@H](CNCCNC[C@@H]2CCCN2)C1. The van der Waals surface area contributed by atoms with Crippen LogP contribution in [0.25, 0.3) is 0 Å². The van der Waals surface area contributed by atoms with Crippen LogP contribution in [0.2, 0.25) is 0 Å². The first-order valence-electron chi connectivity index (χ1n) is 6.83. The van der Waals surface area contributed by atoms with Gasteiger partial charge >= 0.3 is 0 Å². The Balaban J connectivity index is 1.37. The summed E-state index contributed by atoms with van der Waals surface area (Å²) in [7, 11) is 0. The van der Waals surface area contributed by atoms with Crippen LogP contribution in [0.4, 0.5) is 0 Å². The molecule has 2 fully saturated rings. The molecule has 4 heteroatoms. The summed E-state index contributed by atoms with van der Waals surface area (Å²) in [6.07, 6.45) is 5.37. The summed E-state index contributed by atoms with van der Waals surface area (Å²) in [5.41, 5.74) is 0. The second kappa shape index (κ2) is 7.22. The van der Waals surface area contributed by atoms with Crippen LogP contribution in [-0.4, -0.2) is 51.4 Å². The molecule has 0 unspecified atom stereocenters. The van der Waals surface area contributed by atoms with Gasteiger partial charge in [-0.15, -0.1) is 0 Å². The highest BCUT2D eigenvalue weighted by Crippen LogP contribution is 2.03. The van der Waals surface area contributed by atoms with E-state index in [1.165, 1.54) is 38.8 Å². The van der Waals surface area contributed by atoms with Gasteiger partial charge in [-0.3, -0.25) is 0 Å². The minimum atomic E-state index is 0.719. The van der Waals surface area contributed by atoms with Gasteiger partial charge in [0.1, 0.15) is 0 Å². The Bertz CT molecular complexity index is 154. The quantitative estimate of drug-likeness (QED) is 0.449. The van der Waals surface area contributed by atoms with Crippen molar-refractivity contribution in [2.24, 2.45) is 0 Å². The summed E-state index contributed by atoms with van der Waals surface area (Å²) >= 11 is 0. The Kier molecular flexibility index (Phi) is 5.55. The van der Waals surface area contributed by atoms with Gasteiger partial charge in [-0.1, -0.05) is 0 Å². The number of hydrogen-bond donors (Lipinski definition) is 4. The Morgan fingerprint density at radius 1 is 0.812 bits per heavy atom. The zero-order valence-corrected chi connectivity index (χ0v) is 10.2. The number of hydrogen-bond acceptors (Lipinski definition) is 4. The van der Waals surface area contributed by atoms with Crippen LogP contribution < -0.4 is 21.3 Å². The monoisotopic (exact) mass is 226 g/mol. The molecule has 0 bridgehead atoms. The van der Waals surface area contributed by atoms with Crippen LogP contribution in [-0.2, 0) is 0 Å². The van der Waals surface area contributed by atoms with Crippen LogP contribution in [0.3, 0.4) is 0 Å². The van der Waals surface area contributed by atoms with E-state index in [0.717, 1.165) is 38.3 Å². The van der Waals surface area contributed by atoms with E-state index in [0.29, 0.717) is 0 Å². The molecular formula is C12H26N4. The highest BCUT2D eigenvalue weighted by molar-refractivity contribution is 4.77. The zero-order chi connectivity index (χ0) is 11.1. The minimum Gasteiger partial charge on any atom is -0.314 e. The second-order valence-corrected chi connectivity index (χ2v) is 4.99. The fourth-order valence-corrected chi connectivity index (χ4v) is 2.59. The largest absolute Gasteiger partial charge is 0.314 e. The average molecular weight is 226 g/mol. The molecule has 94 valence electrons. The number of rotatable bonds is 7. The molecule has 0 aromatic carbocycles. The van der Waals surface area contributed by atoms with Gasteiger partial charge in [-0.2, -0.15) is 0 Å². The molecule has 4 nitrogen and oxygen atoms in total. The summed E-state index contributed by atoms with van der Waals surface area (Å²) < 4.78 is 0. The van der Waals surface area contributed by atoms with Gasteiger partial charge in [0.2, 0.25) is 0 Å². The van der Waals surface area contributed by atoms with Gasteiger partial charge in [0.05, 0.1) is 0 Å². The smallest absolute Gasteiger partial charge is 0.0192 e. The lowest BCUT2D eigenvalue weighted by molar-refractivity contribution is 0.500. The van der Waals surface area contributed by atoms with Crippen molar-refractivity contribution in [2.75, 3.05) is 39.3 Å². The van der Waals surface area contributed by atoms with Crippen LogP contribution in [0.15, 0.2) is 0 Å². The average Bonchev–Trinajstić information content (AvgIpc) is 2.96. The molecule has 0 spiro atoms. The van der Waals surface area contributed by atoms with E-state index in [1.54, 1.807) is 0 Å². The highest BCUT2D eigenvalue weighted by atomic mass is 15.0. The molecule has 0 radical (unpaired) electrons. The van der Waals surface area contributed by atoms with Crippen molar-refractivity contribution in [1.29, 1.82) is 0 Å². The van der Waals surface area contributed by atoms with E-state index in [-0.39, 0.29) is 0 Å². The molecule has 2 aliphatic heterocycles. The van der Waals surface area contributed by atoms with Gasteiger partial charge in [0.15, 0.2) is 0 Å². The predicted octanol–water partition coefficient (Wildman–Crippen LogP) is -0.330. The summed E-state index contributed by atoms with van der Waals surface area (Å²) in [4.78, 5) is 0. The van der Waals surface area contributed by atoms with E-state index in [1.807, 2.05) is 0 Å². The maximum Gasteiger partial charge on any atom is 0.0192 e. The summed E-state index contributed by atoms with van der Waals surface area (Å²) in [6.45, 7) is 6.85. The van der Waals surface area contributed by atoms with Gasteiger partial charge < -0.3 is 21.3 Å². The fourth-order valence-electron chi connectivity index (χ4n) is 2.59. The molecule has 4 N–H and O–H groups in total. The minimum absolute atomic E-state index is 0.719. The number of nitrogens with one attached hydrogen (secondary N) is 4. The molecule has 2 heterocycles. The van der Waals surface area contributed by atoms with Crippen molar-refractivity contribution < 1.29 is 0 Å². The maximum absolute atomic E-state index is 3.51. The highest BCUT2D eigenvalue weighted by Gasteiger charge is 2.13. The van der Waals surface area contributed by atoms with Crippen LogP contribution >= 0.6 is 0 Å². The first-order valence-corrected chi connectivity index (χ1v) is 6.83. The first-order chi connectivity index (χ1) is 7.95. The molecule has 0 aromatic rings. The topological polar surface area (TPSA) is 48.1 Å². The van der Waals surface area contributed by atoms with Gasteiger partial charge in [0.25, 0.3) is 0 Å². The van der Waals surface area contributed by atoms with E-state index in [9.17, 15) is 0 Å². The summed E-state index contributed by atoms with van der Waals surface area (Å²) in [5, 5.41) is 14.0. The third kappa shape index (κ3) is 4.37. The van der Waals surface area contributed by atoms with Crippen LogP contribution in [0.1, 0.15) is 25.7 Å². The van der Waals surface area contributed by atoms with Crippen molar-refractivity contribution in [1.82, 2.24) is 21.3 Å². The molecule has 0 amide bonds. The van der Waals surface area contributed by atoms with E-state index < -0.39 is 0 Å². The maximum atomic E-state index is 3.51. The molecule has 2 aliphatic rings. The van der Waals surface area contributed by atoms with E-state index in [4.69, 9.17) is 0 Å². The van der Waals surface area contributed by atoms with Crippen molar-refractivity contribution >= 4 is 0 Å². The third-order valence-corrected chi connectivity index (χ3v) is 3.58. The normalized spacial score (nSPS) is 30.0. The van der Waals surface area contributed by atoms with Crippen molar-refractivity contribution in [3.05, 3.63) is 0 Å². The molecule has 2 rings (SSSR count). The van der Waals surface area contributed by atoms with Crippen molar-refractivity contribution in [3.8, 4) is 0 Å².